The lowest BCUT2D eigenvalue weighted by molar-refractivity contribution is -0.162. The van der Waals surface area contributed by atoms with Gasteiger partial charge in [0.1, 0.15) is 66.8 Å². The number of hydrogen-bond acceptors (Lipinski definition) is 21. The van der Waals surface area contributed by atoms with E-state index in [0.717, 1.165) is 38.0 Å². The zero-order valence-electron chi connectivity index (χ0n) is 52.9. The normalized spacial score (nSPS) is 25.5. The number of epoxide rings is 1. The van der Waals surface area contributed by atoms with E-state index in [-0.39, 0.29) is 81.9 Å². The summed E-state index contributed by atoms with van der Waals surface area (Å²) in [5.74, 6) is -4.17. The third-order valence-electron chi connectivity index (χ3n) is 16.2. The monoisotopic (exact) mass is 1310 g/mol. The second-order valence-corrected chi connectivity index (χ2v) is 23.2. The molecule has 0 aromatic heterocycles. The standard InChI is InChI=1S/C62H79ClN8O21/c1-36-13-11-15-47(84-10)62(82)32-46(90-58(79)66-62)37(2)54-61(4,92-54)48(31-52(75)70(8)44-29-40(27-36)30-45(83-9)53(44)63)91-56(77)38(3)69(7)49(72)20-26-87-59(80)67(5)23-24-68(6)60(81)88-33-39-16-17-43(65-57(78)89-41-14-12-25-85-35-86-34-41)42(28-39)55(76)64-21-22-71-50(73)18-19-51(71)74/h11-19,28-30,37-38,41,46-48,54,82H,20-27,31-35H2,1-10H3,(H,64,76)(H,65,78)(H,66,79)/b14-12+,15-11+,36-13+/t37-,38+,41?,46+,47-,48+,54+,61+,62+/m1/s1. The first-order valence-electron chi connectivity index (χ1n) is 29.5. The number of nitrogens with zero attached hydrogens (tertiary/aromatic N) is 5. The highest BCUT2D eigenvalue weighted by atomic mass is 35.5. The van der Waals surface area contributed by atoms with Crippen molar-refractivity contribution in [1.29, 1.82) is 0 Å². The van der Waals surface area contributed by atoms with Gasteiger partial charge in [-0.05, 0) is 68.7 Å². The van der Waals surface area contributed by atoms with Crippen molar-refractivity contribution in [3.63, 3.8) is 0 Å². The zero-order chi connectivity index (χ0) is 67.2. The van der Waals surface area contributed by atoms with Crippen LogP contribution in [0.2, 0.25) is 5.02 Å². The van der Waals surface area contributed by atoms with Crippen LogP contribution in [0.15, 0.2) is 78.4 Å². The van der Waals surface area contributed by atoms with E-state index in [1.165, 1.54) is 77.3 Å². The molecule has 1 unspecified atom stereocenters. The molecular formula is C62H79ClN8O21. The molecule has 2 fully saturated rings. The van der Waals surface area contributed by atoms with Crippen molar-refractivity contribution in [3.05, 3.63) is 100 Å². The van der Waals surface area contributed by atoms with Gasteiger partial charge in [0.15, 0.2) is 5.72 Å². The SMILES string of the molecule is COc1cc2cc(c1Cl)N(C)C(=O)C[C@H](OC(=O)[C@H](C)N(C)C(=O)CCOC(=O)N(C)CCN(C)C(=O)OCc1ccc(NC(=O)OC3/C=C/COCOC3)c(C(=O)NCCN3C(=O)C=CC3=O)c1)[C@]1(C)O[C@H]1[C@H](C)[C@@H]1C[C@@](O)(NC(=O)O1)[C@H](OC)/C=C/C=C(\C)C2. The highest BCUT2D eigenvalue weighted by molar-refractivity contribution is 6.35. The minimum Gasteiger partial charge on any atom is -0.495 e. The Balaban J connectivity index is 0.927. The summed E-state index contributed by atoms with van der Waals surface area (Å²) in [6, 6.07) is 6.51. The number of benzene rings is 2. The maximum absolute atomic E-state index is 14.4. The van der Waals surface area contributed by atoms with E-state index in [4.69, 9.17) is 59.0 Å². The molecule has 0 aliphatic carbocycles. The second-order valence-electron chi connectivity index (χ2n) is 22.8. The van der Waals surface area contributed by atoms with Crippen LogP contribution in [0.1, 0.15) is 68.4 Å². The molecule has 0 spiro atoms. The number of imide groups is 1. The Kier molecular flexibility index (Phi) is 24.3. The van der Waals surface area contributed by atoms with Crippen molar-refractivity contribution in [1.82, 2.24) is 30.2 Å². The number of ether oxygens (including phenoxy) is 10. The number of rotatable bonds is 19. The molecule has 5 heterocycles. The average Bonchev–Trinajstić information content (AvgIpc) is 1.56. The van der Waals surface area contributed by atoms with E-state index in [2.05, 4.69) is 16.0 Å². The lowest BCUT2D eigenvalue weighted by Gasteiger charge is -2.42. The van der Waals surface area contributed by atoms with Crippen LogP contribution in [-0.2, 0) is 79.6 Å². The molecule has 9 amide bonds. The molecule has 5 aliphatic rings. The number of alkyl carbamates (subject to hydrolysis) is 1. The van der Waals surface area contributed by atoms with Gasteiger partial charge in [-0.15, -0.1) is 0 Å². The van der Waals surface area contributed by atoms with E-state index in [1.54, 1.807) is 50.3 Å². The molecule has 4 N–H and O–H groups in total. The first-order chi connectivity index (χ1) is 43.7. The van der Waals surface area contributed by atoms with Gasteiger partial charge < -0.3 is 77.4 Å². The van der Waals surface area contributed by atoms with Gasteiger partial charge in [-0.2, -0.15) is 0 Å². The first-order valence-corrected chi connectivity index (χ1v) is 29.9. The number of fused-ring (bicyclic) bond motifs is 5. The van der Waals surface area contributed by atoms with Crippen molar-refractivity contribution in [2.75, 3.05) is 105 Å². The smallest absolute Gasteiger partial charge is 0.412 e. The predicted octanol–water partition coefficient (Wildman–Crippen LogP) is 4.37. The zero-order valence-corrected chi connectivity index (χ0v) is 53.6. The van der Waals surface area contributed by atoms with E-state index in [9.17, 15) is 53.1 Å². The topological polar surface area (TPSA) is 339 Å². The van der Waals surface area contributed by atoms with Crippen LogP contribution in [0.25, 0.3) is 0 Å². The average molecular weight is 1310 g/mol. The molecule has 4 bridgehead atoms. The minimum atomic E-state index is -1.92. The van der Waals surface area contributed by atoms with Crippen LogP contribution in [0.5, 0.6) is 5.75 Å². The van der Waals surface area contributed by atoms with E-state index in [0.29, 0.717) is 23.4 Å². The van der Waals surface area contributed by atoms with Gasteiger partial charge in [-0.1, -0.05) is 54.5 Å². The Morgan fingerprint density at radius 3 is 2.35 bits per heavy atom. The second kappa shape index (κ2) is 31.6. The Labute approximate surface area is 536 Å². The Bertz CT molecular complexity index is 3230. The number of anilines is 2. The molecule has 30 heteroatoms. The molecule has 500 valence electrons. The Hall–Kier alpha value is -8.61. The minimum absolute atomic E-state index is 0.00163. The van der Waals surface area contributed by atoms with E-state index < -0.39 is 127 Å². The van der Waals surface area contributed by atoms with Crippen molar-refractivity contribution in [2.45, 2.75) is 108 Å². The predicted molar refractivity (Wildman–Crippen MR) is 327 cm³/mol. The summed E-state index contributed by atoms with van der Waals surface area (Å²) < 4.78 is 56.2. The van der Waals surface area contributed by atoms with Crippen molar-refractivity contribution in [3.8, 4) is 5.75 Å². The fraction of sp³-hybridized carbons (Fsp3) is 0.516. The third-order valence-corrected chi connectivity index (χ3v) is 16.6. The highest BCUT2D eigenvalue weighted by Gasteiger charge is 2.64. The fourth-order valence-electron chi connectivity index (χ4n) is 10.4. The Morgan fingerprint density at radius 2 is 1.65 bits per heavy atom. The van der Waals surface area contributed by atoms with Gasteiger partial charge in [-0.3, -0.25) is 39.5 Å². The van der Waals surface area contributed by atoms with Gasteiger partial charge in [0, 0.05) is 86.0 Å². The van der Waals surface area contributed by atoms with Crippen LogP contribution in [0.3, 0.4) is 0 Å². The number of esters is 1. The number of hydrogen-bond donors (Lipinski definition) is 4. The molecule has 2 aromatic rings. The van der Waals surface area contributed by atoms with Crippen LogP contribution in [-0.4, -0.2) is 228 Å². The van der Waals surface area contributed by atoms with Crippen LogP contribution >= 0.6 is 11.6 Å². The van der Waals surface area contributed by atoms with Gasteiger partial charge in [0.2, 0.25) is 11.8 Å². The maximum atomic E-state index is 14.4. The van der Waals surface area contributed by atoms with Crippen molar-refractivity contribution in [2.24, 2.45) is 5.92 Å². The van der Waals surface area contributed by atoms with E-state index >= 15 is 0 Å². The van der Waals surface area contributed by atoms with Gasteiger partial charge in [0.25, 0.3) is 17.7 Å². The Morgan fingerprint density at radius 1 is 0.946 bits per heavy atom. The van der Waals surface area contributed by atoms with Gasteiger partial charge in [-0.25, -0.2) is 24.0 Å². The lowest BCUT2D eigenvalue weighted by Crippen LogP contribution is -2.63. The molecule has 2 aromatic carbocycles. The fourth-order valence-corrected chi connectivity index (χ4v) is 10.7. The molecule has 7 rings (SSSR count). The number of methoxy groups -OCH3 is 2. The lowest BCUT2D eigenvalue weighted by atomic mass is 9.83. The van der Waals surface area contributed by atoms with Gasteiger partial charge >= 0.3 is 30.3 Å². The molecule has 2 saturated heterocycles. The summed E-state index contributed by atoms with van der Waals surface area (Å²) >= 11 is 6.83. The van der Waals surface area contributed by atoms with Crippen molar-refractivity contribution >= 4 is 82.9 Å². The molecule has 9 atom stereocenters. The summed E-state index contributed by atoms with van der Waals surface area (Å²) in [7, 11) is 8.54. The van der Waals surface area contributed by atoms with Crippen LogP contribution in [0.4, 0.5) is 30.6 Å². The number of carbonyl (C=O) groups is 10. The molecule has 29 nitrogen and oxygen atoms in total. The first kappa shape index (κ1) is 70.8. The summed E-state index contributed by atoms with van der Waals surface area (Å²) in [5, 5.41) is 19.7. The number of aliphatic hydroxyl groups is 1. The number of allylic oxidation sites excluding steroid dienone is 3. The number of nitrogens with one attached hydrogen (secondary N) is 3. The highest BCUT2D eigenvalue weighted by Crippen LogP contribution is 2.49. The number of amides is 9. The maximum Gasteiger partial charge on any atom is 0.412 e. The summed E-state index contributed by atoms with van der Waals surface area (Å²) in [4.78, 5) is 138. The van der Waals surface area contributed by atoms with Gasteiger partial charge in [0.05, 0.1) is 56.2 Å². The molecule has 0 radical (unpaired) electrons. The summed E-state index contributed by atoms with van der Waals surface area (Å²) in [6.45, 7) is 5.83. The third kappa shape index (κ3) is 18.1. The summed E-state index contributed by atoms with van der Waals surface area (Å²) in [5.41, 5.74) is -1.09. The van der Waals surface area contributed by atoms with Crippen LogP contribution in [0, 0.1) is 5.92 Å². The van der Waals surface area contributed by atoms with Crippen LogP contribution < -0.4 is 25.6 Å². The molecular weight excluding hydrogens is 1230 g/mol. The van der Waals surface area contributed by atoms with E-state index in [1.807, 2.05) is 13.0 Å². The molecule has 92 heavy (non-hydrogen) atoms. The number of halogens is 1. The number of carbonyl (C=O) groups excluding carboxylic acids is 10. The number of likely N-dealkylation sites (N-methyl/N-ethyl adjacent to an activating group) is 3. The summed E-state index contributed by atoms with van der Waals surface area (Å²) in [6.07, 6.45) is 1.77. The molecule has 0 saturated carbocycles. The van der Waals surface area contributed by atoms with Crippen molar-refractivity contribution < 1.29 is 100 Å². The molecule has 5 aliphatic heterocycles. The largest absolute Gasteiger partial charge is 0.495 e. The quantitative estimate of drug-likeness (QED) is 0.0498.